The summed E-state index contributed by atoms with van der Waals surface area (Å²) in [6.07, 6.45) is 2.15. The molecule has 0 bridgehead atoms. The fourth-order valence-electron chi connectivity index (χ4n) is 2.49. The van der Waals surface area contributed by atoms with Gasteiger partial charge in [-0.25, -0.2) is 0 Å². The van der Waals surface area contributed by atoms with Crippen LogP contribution < -0.4 is 11.1 Å². The van der Waals surface area contributed by atoms with Crippen LogP contribution in [0.2, 0.25) is 0 Å². The smallest absolute Gasteiger partial charge is 0.272 e. The molecule has 0 spiro atoms. The lowest BCUT2D eigenvalue weighted by molar-refractivity contribution is 0.0536. The van der Waals surface area contributed by atoms with E-state index in [4.69, 9.17) is 10.5 Å². The van der Waals surface area contributed by atoms with Gasteiger partial charge in [0.1, 0.15) is 0 Å². The fourth-order valence-corrected chi connectivity index (χ4v) is 2.49. The minimum atomic E-state index is -0.174. The number of carbonyl (C=O) groups excluding carboxylic acids is 1. The van der Waals surface area contributed by atoms with Gasteiger partial charge in [0.25, 0.3) is 5.91 Å². The van der Waals surface area contributed by atoms with Gasteiger partial charge in [-0.1, -0.05) is 0 Å². The number of ether oxygens (including phenoxy) is 1. The van der Waals surface area contributed by atoms with E-state index in [0.717, 1.165) is 30.4 Å². The molecule has 1 atom stereocenters. The van der Waals surface area contributed by atoms with E-state index in [1.807, 2.05) is 6.07 Å². The van der Waals surface area contributed by atoms with Crippen LogP contribution >= 0.6 is 0 Å². The molecule has 1 aromatic heterocycles. The summed E-state index contributed by atoms with van der Waals surface area (Å²) in [6.45, 7) is 2.16. The van der Waals surface area contributed by atoms with Crippen molar-refractivity contribution in [1.82, 2.24) is 15.5 Å². The highest BCUT2D eigenvalue weighted by molar-refractivity contribution is 6.05. The number of H-pyrrole nitrogens is 1. The molecule has 0 aliphatic carbocycles. The number of hydrogen-bond acceptors (Lipinski definition) is 4. The van der Waals surface area contributed by atoms with Gasteiger partial charge >= 0.3 is 0 Å². The molecule has 0 saturated carbocycles. The van der Waals surface area contributed by atoms with Crippen LogP contribution in [0.4, 0.5) is 5.69 Å². The first-order valence-corrected chi connectivity index (χ1v) is 6.83. The maximum atomic E-state index is 12.2. The topological polar surface area (TPSA) is 93.0 Å². The SMILES string of the molecule is Nc1ccc2[nH]nc(C(=O)NCC3CCCOC3)c2c1. The lowest BCUT2D eigenvalue weighted by Gasteiger charge is -2.21. The fraction of sp³-hybridized carbons (Fsp3) is 0.429. The van der Waals surface area contributed by atoms with Crippen molar-refractivity contribution in [3.8, 4) is 0 Å². The lowest BCUT2D eigenvalue weighted by atomic mass is 10.0. The third-order valence-corrected chi connectivity index (χ3v) is 3.61. The standard InChI is InChI=1S/C14H18N4O2/c15-10-3-4-12-11(6-10)13(18-17-12)14(19)16-7-9-2-1-5-20-8-9/h3-4,6,9H,1-2,5,7-8,15H2,(H,16,19)(H,17,18). The Morgan fingerprint density at radius 1 is 1.55 bits per heavy atom. The van der Waals surface area contributed by atoms with Crippen molar-refractivity contribution in [3.05, 3.63) is 23.9 Å². The van der Waals surface area contributed by atoms with Crippen molar-refractivity contribution in [1.29, 1.82) is 0 Å². The Hall–Kier alpha value is -2.08. The van der Waals surface area contributed by atoms with E-state index in [9.17, 15) is 4.79 Å². The Morgan fingerprint density at radius 2 is 2.45 bits per heavy atom. The van der Waals surface area contributed by atoms with Gasteiger partial charge in [-0.05, 0) is 37.0 Å². The van der Waals surface area contributed by atoms with Crippen LogP contribution in [0.1, 0.15) is 23.3 Å². The highest BCUT2D eigenvalue weighted by atomic mass is 16.5. The van der Waals surface area contributed by atoms with E-state index in [1.165, 1.54) is 0 Å². The number of rotatable bonds is 3. The van der Waals surface area contributed by atoms with Crippen LogP contribution in [0, 0.1) is 5.92 Å². The third-order valence-electron chi connectivity index (χ3n) is 3.61. The number of nitrogens with zero attached hydrogens (tertiary/aromatic N) is 1. The molecule has 1 amide bonds. The highest BCUT2D eigenvalue weighted by Gasteiger charge is 2.18. The lowest BCUT2D eigenvalue weighted by Crippen LogP contribution is -2.33. The van der Waals surface area contributed by atoms with Gasteiger partial charge in [-0.3, -0.25) is 9.89 Å². The number of anilines is 1. The summed E-state index contributed by atoms with van der Waals surface area (Å²) in [7, 11) is 0. The van der Waals surface area contributed by atoms with Gasteiger partial charge in [0, 0.05) is 24.2 Å². The maximum Gasteiger partial charge on any atom is 0.272 e. The molecule has 20 heavy (non-hydrogen) atoms. The number of carbonyl (C=O) groups is 1. The number of fused-ring (bicyclic) bond motifs is 1. The van der Waals surface area contributed by atoms with E-state index in [0.29, 0.717) is 30.5 Å². The molecule has 1 aliphatic rings. The number of nitrogens with one attached hydrogen (secondary N) is 2. The van der Waals surface area contributed by atoms with E-state index in [1.54, 1.807) is 12.1 Å². The Balaban J connectivity index is 1.70. The zero-order chi connectivity index (χ0) is 13.9. The molecule has 1 aliphatic heterocycles. The van der Waals surface area contributed by atoms with Crippen LogP contribution in [0.5, 0.6) is 0 Å². The number of benzene rings is 1. The van der Waals surface area contributed by atoms with E-state index < -0.39 is 0 Å². The molecule has 1 saturated heterocycles. The van der Waals surface area contributed by atoms with Crippen molar-refractivity contribution in [2.45, 2.75) is 12.8 Å². The summed E-state index contributed by atoms with van der Waals surface area (Å²) in [4.78, 5) is 12.2. The van der Waals surface area contributed by atoms with Crippen molar-refractivity contribution >= 4 is 22.5 Å². The molecule has 106 valence electrons. The minimum Gasteiger partial charge on any atom is -0.399 e. The summed E-state index contributed by atoms with van der Waals surface area (Å²) in [5.74, 6) is 0.218. The summed E-state index contributed by atoms with van der Waals surface area (Å²) < 4.78 is 5.40. The van der Waals surface area contributed by atoms with Gasteiger partial charge in [-0.15, -0.1) is 0 Å². The first-order chi connectivity index (χ1) is 9.74. The number of aromatic nitrogens is 2. The average Bonchev–Trinajstić information content (AvgIpc) is 2.89. The molecule has 4 N–H and O–H groups in total. The summed E-state index contributed by atoms with van der Waals surface area (Å²) in [5.41, 5.74) is 7.58. The Morgan fingerprint density at radius 3 is 3.25 bits per heavy atom. The minimum absolute atomic E-state index is 0.174. The zero-order valence-corrected chi connectivity index (χ0v) is 11.2. The number of aromatic amines is 1. The van der Waals surface area contributed by atoms with E-state index >= 15 is 0 Å². The van der Waals surface area contributed by atoms with Crippen LogP contribution in [-0.4, -0.2) is 35.9 Å². The second kappa shape index (κ2) is 5.50. The molecule has 1 unspecified atom stereocenters. The molecular weight excluding hydrogens is 256 g/mol. The number of amides is 1. The maximum absolute atomic E-state index is 12.2. The summed E-state index contributed by atoms with van der Waals surface area (Å²) in [6, 6.07) is 5.36. The predicted octanol–water partition coefficient (Wildman–Crippen LogP) is 1.30. The molecule has 0 radical (unpaired) electrons. The van der Waals surface area contributed by atoms with Crippen LogP contribution in [0.25, 0.3) is 10.9 Å². The van der Waals surface area contributed by atoms with Gasteiger partial charge in [0.15, 0.2) is 5.69 Å². The zero-order valence-electron chi connectivity index (χ0n) is 11.2. The molecular formula is C14H18N4O2. The van der Waals surface area contributed by atoms with Gasteiger partial charge in [0.05, 0.1) is 12.1 Å². The van der Waals surface area contributed by atoms with Crippen LogP contribution in [-0.2, 0) is 4.74 Å². The largest absolute Gasteiger partial charge is 0.399 e. The van der Waals surface area contributed by atoms with Crippen molar-refractivity contribution in [2.24, 2.45) is 5.92 Å². The molecule has 6 heteroatoms. The Kier molecular flexibility index (Phi) is 3.56. The normalized spacial score (nSPS) is 19.1. The number of nitrogen functional groups attached to an aromatic ring is 1. The van der Waals surface area contributed by atoms with Crippen LogP contribution in [0.15, 0.2) is 18.2 Å². The second-order valence-electron chi connectivity index (χ2n) is 5.17. The van der Waals surface area contributed by atoms with E-state index in [-0.39, 0.29) is 5.91 Å². The summed E-state index contributed by atoms with van der Waals surface area (Å²) >= 11 is 0. The van der Waals surface area contributed by atoms with Crippen LogP contribution in [0.3, 0.4) is 0 Å². The van der Waals surface area contributed by atoms with Gasteiger partial charge < -0.3 is 15.8 Å². The van der Waals surface area contributed by atoms with Gasteiger partial charge in [-0.2, -0.15) is 5.10 Å². The first kappa shape index (κ1) is 12.9. The molecule has 2 heterocycles. The quantitative estimate of drug-likeness (QED) is 0.735. The highest BCUT2D eigenvalue weighted by Crippen LogP contribution is 2.19. The monoisotopic (exact) mass is 274 g/mol. The molecule has 1 fully saturated rings. The molecule has 2 aromatic rings. The second-order valence-corrected chi connectivity index (χ2v) is 5.17. The number of nitrogens with two attached hydrogens (primary N) is 1. The van der Waals surface area contributed by atoms with Crippen molar-refractivity contribution < 1.29 is 9.53 Å². The molecule has 6 nitrogen and oxygen atoms in total. The molecule has 3 rings (SSSR count). The third kappa shape index (κ3) is 2.60. The predicted molar refractivity (Wildman–Crippen MR) is 76.4 cm³/mol. The van der Waals surface area contributed by atoms with Gasteiger partial charge in [0.2, 0.25) is 0 Å². The first-order valence-electron chi connectivity index (χ1n) is 6.83. The Labute approximate surface area is 116 Å². The van der Waals surface area contributed by atoms with E-state index in [2.05, 4.69) is 15.5 Å². The number of hydrogen-bond donors (Lipinski definition) is 3. The Bertz CT molecular complexity index is 617. The van der Waals surface area contributed by atoms with Crippen molar-refractivity contribution in [3.63, 3.8) is 0 Å². The molecule has 1 aromatic carbocycles. The average molecular weight is 274 g/mol. The van der Waals surface area contributed by atoms with Crippen molar-refractivity contribution in [2.75, 3.05) is 25.5 Å². The summed E-state index contributed by atoms with van der Waals surface area (Å²) in [5, 5.41) is 10.6.